The first-order valence-corrected chi connectivity index (χ1v) is 51.1. The van der Waals surface area contributed by atoms with Gasteiger partial charge in [-0.25, -0.2) is 24.0 Å². The summed E-state index contributed by atoms with van der Waals surface area (Å²) in [5.74, 6) is 1.81. The quantitative estimate of drug-likeness (QED) is 0.0116. The highest BCUT2D eigenvalue weighted by atomic mass is 16.6. The summed E-state index contributed by atoms with van der Waals surface area (Å²) in [5, 5.41) is 79.6. The second kappa shape index (κ2) is 57.0. The van der Waals surface area contributed by atoms with Gasteiger partial charge in [-0.1, -0.05) is 155 Å². The fraction of sp³-hybridized carbons (Fsp3) is 0.704. The summed E-state index contributed by atoms with van der Waals surface area (Å²) in [6.07, 6.45) is 35.4. The standard InChI is InChI=1S/C28H42O6.C27H40O7.C27H40O6.C26H38O6/c1-3-5-7-10-21(34-28(32)12-6-4-2)13-14-22-23-15-19-9-8-11-26(33-18-27(30)31)24(19)16-20(23)17-25(22)29;1-3-5-6-9-20(34-27(31)17-32-4-2)11-12-21-22-13-18-8-7-10-25(33-16-26(29)30)23(18)14-19(22)15-24(21)28;1-3-5-6-10-20(33-27(31)8-4-2)12-13-21-22-14-18-9-7-11-25(32-17-26(29)30)23(18)15-19(22)16-24(21)28;1-3-5-6-9-19(32-26(30)4-2)11-12-20-21-13-17-8-7-10-24(31-16-25(28)29)22(17)14-18(21)15-23(20)27/h8-9,11,20-23,25,29H,3-7,10,12-18H2,1-2H3,(H,30,31);7-8,10,19-22,24,28H,3-6,9,11-17H2,1-2H3,(H,29,30);7,9,11,19-22,24,28H,3-6,8,10,12-17H2,1-2H3,(H,29,30);7-8,10,18-21,23,27H,3-6,9,11-16H2,1-2H3,(H,28,29)/t20-,21-,22+,23-,25+;2*19-,20-,21+,22-,24+;18-,19-,20+,21-,23+/m0000/s1. The van der Waals surface area contributed by atoms with E-state index in [1.54, 1.807) is 0 Å². The van der Waals surface area contributed by atoms with Gasteiger partial charge in [-0.15, -0.1) is 0 Å². The molecule has 0 amide bonds. The molecule has 25 heteroatoms. The van der Waals surface area contributed by atoms with Crippen molar-refractivity contribution in [2.45, 2.75) is 374 Å². The van der Waals surface area contributed by atoms with Crippen LogP contribution in [0.5, 0.6) is 23.0 Å². The van der Waals surface area contributed by atoms with Gasteiger partial charge in [0.1, 0.15) is 54.0 Å². The molecule has 0 saturated heterocycles. The Morgan fingerprint density at radius 2 is 0.564 bits per heavy atom. The molecule has 25 nitrogen and oxygen atoms in total. The van der Waals surface area contributed by atoms with Gasteiger partial charge < -0.3 is 83.5 Å². The molecule has 0 heterocycles. The zero-order chi connectivity index (χ0) is 95.9. The maximum atomic E-state index is 12.3. The zero-order valence-electron chi connectivity index (χ0n) is 80.9. The van der Waals surface area contributed by atoms with E-state index >= 15 is 0 Å². The fourth-order valence-corrected chi connectivity index (χ4v) is 23.1. The highest BCUT2D eigenvalue weighted by molar-refractivity contribution is 5.72. The van der Waals surface area contributed by atoms with Crippen LogP contribution in [0.15, 0.2) is 72.8 Å². The second-order valence-corrected chi connectivity index (χ2v) is 39.1. The van der Waals surface area contributed by atoms with E-state index in [2.05, 4.69) is 58.9 Å². The van der Waals surface area contributed by atoms with Crippen molar-refractivity contribution in [1.82, 2.24) is 0 Å². The first-order chi connectivity index (χ1) is 64.2. The summed E-state index contributed by atoms with van der Waals surface area (Å²) in [5.41, 5.74) is 9.16. The number of carboxylic acid groups (broad SMARTS) is 4. The van der Waals surface area contributed by atoms with Crippen LogP contribution < -0.4 is 18.9 Å². The minimum absolute atomic E-state index is 0.0133. The maximum absolute atomic E-state index is 12.3. The molecule has 20 atom stereocenters. The molecule has 12 rings (SSSR count). The Balaban J connectivity index is 0.000000199. The Morgan fingerprint density at radius 1 is 0.301 bits per heavy atom. The average Bonchev–Trinajstić information content (AvgIpc) is 1.66. The van der Waals surface area contributed by atoms with Crippen molar-refractivity contribution in [3.8, 4) is 23.0 Å². The molecule has 0 spiro atoms. The molecule has 8 aliphatic rings. The smallest absolute Gasteiger partial charge is 0.341 e. The first kappa shape index (κ1) is 108. The molecule has 4 aromatic carbocycles. The number of aliphatic carboxylic acids is 4. The Morgan fingerprint density at radius 3 is 0.812 bits per heavy atom. The van der Waals surface area contributed by atoms with Gasteiger partial charge in [-0.2, -0.15) is 0 Å². The normalized spacial score (nSPS) is 24.5. The number of aliphatic hydroxyl groups is 4. The molecule has 0 aliphatic heterocycles. The van der Waals surface area contributed by atoms with Crippen molar-refractivity contribution < 1.29 is 122 Å². The lowest BCUT2D eigenvalue weighted by Crippen LogP contribution is -2.29. The molecule has 742 valence electrons. The molecule has 4 saturated carbocycles. The van der Waals surface area contributed by atoms with Gasteiger partial charge in [0.2, 0.25) is 0 Å². The van der Waals surface area contributed by atoms with E-state index in [-0.39, 0.29) is 129 Å². The summed E-state index contributed by atoms with van der Waals surface area (Å²) in [6, 6.07) is 23.4. The van der Waals surface area contributed by atoms with Crippen molar-refractivity contribution >= 4 is 47.8 Å². The third kappa shape index (κ3) is 33.8. The third-order valence-corrected chi connectivity index (χ3v) is 29.7. The minimum atomic E-state index is -0.988. The van der Waals surface area contributed by atoms with Gasteiger partial charge in [0.25, 0.3) is 0 Å². The number of ether oxygens (including phenoxy) is 9. The topological polar surface area (TPSA) is 381 Å². The summed E-state index contributed by atoms with van der Waals surface area (Å²) in [7, 11) is 0. The molecular weight excluding hydrogens is 1700 g/mol. The van der Waals surface area contributed by atoms with E-state index in [9.17, 15) is 58.8 Å². The first-order valence-electron chi connectivity index (χ1n) is 51.1. The van der Waals surface area contributed by atoms with Gasteiger partial charge in [0, 0.05) is 25.9 Å². The molecule has 0 radical (unpaired) electrons. The Labute approximate surface area is 790 Å². The van der Waals surface area contributed by atoms with Crippen LogP contribution >= 0.6 is 0 Å². The molecular formula is C108H160O25. The molecule has 8 aliphatic carbocycles. The largest absolute Gasteiger partial charge is 0.482 e. The molecule has 4 fully saturated rings. The van der Waals surface area contributed by atoms with E-state index in [0.29, 0.717) is 96.2 Å². The fourth-order valence-electron chi connectivity index (χ4n) is 23.1. The number of hydrogen-bond acceptors (Lipinski definition) is 21. The van der Waals surface area contributed by atoms with Crippen LogP contribution in [0, 0.1) is 71.0 Å². The minimum Gasteiger partial charge on any atom is -0.482 e. The number of rotatable bonds is 53. The molecule has 133 heavy (non-hydrogen) atoms. The van der Waals surface area contributed by atoms with Crippen LogP contribution in [0.3, 0.4) is 0 Å². The van der Waals surface area contributed by atoms with Crippen LogP contribution in [-0.4, -0.2) is 177 Å². The number of carbonyl (C=O) groups is 8. The molecule has 0 aromatic heterocycles. The van der Waals surface area contributed by atoms with Crippen LogP contribution in [-0.2, 0) is 113 Å². The highest BCUT2D eigenvalue weighted by Gasteiger charge is 2.50. The number of hydrogen-bond donors (Lipinski definition) is 8. The van der Waals surface area contributed by atoms with Gasteiger partial charge in [-0.05, 0) is 339 Å². The van der Waals surface area contributed by atoms with E-state index in [0.717, 1.165) is 273 Å². The summed E-state index contributed by atoms with van der Waals surface area (Å²) in [6.45, 7) is 15.5. The maximum Gasteiger partial charge on any atom is 0.341 e. The monoisotopic (exact) mass is 1860 g/mol. The lowest BCUT2D eigenvalue weighted by atomic mass is 9.73. The van der Waals surface area contributed by atoms with E-state index < -0.39 is 23.9 Å². The van der Waals surface area contributed by atoms with Crippen molar-refractivity contribution in [2.24, 2.45) is 71.0 Å². The number of esters is 4. The van der Waals surface area contributed by atoms with E-state index in [1.165, 1.54) is 22.3 Å². The van der Waals surface area contributed by atoms with Crippen molar-refractivity contribution in [1.29, 1.82) is 0 Å². The van der Waals surface area contributed by atoms with Crippen LogP contribution in [0.25, 0.3) is 0 Å². The Bertz CT molecular complexity index is 4100. The summed E-state index contributed by atoms with van der Waals surface area (Å²) >= 11 is 0. The van der Waals surface area contributed by atoms with Crippen molar-refractivity contribution in [3.63, 3.8) is 0 Å². The second-order valence-electron chi connectivity index (χ2n) is 39.1. The SMILES string of the molecule is CCCCC[C@@H](CC[C@@H]1[C@H]2Cc3cccc(OCC(=O)O)c3C[C@H]2C[C@H]1O)OC(=O)CC.CCCCC[C@@H](CC[C@@H]1[C@H]2Cc3cccc(OCC(=O)O)c3C[C@H]2C[C@H]1O)OC(=O)CCC.CCCCC[C@@H](CC[C@@H]1[C@H]2Cc3cccc(OCC(=O)O)c3C[C@H]2C[C@H]1O)OC(=O)CCCC.CCCCC[C@@H](CC[C@@H]1[C@H]2Cc3cccc(OCC(=O)O)c3C[C@H]2C[C@H]1O)OC(=O)COCC. The van der Waals surface area contributed by atoms with Gasteiger partial charge >= 0.3 is 47.8 Å². The molecule has 8 N–H and O–H groups in total. The number of benzene rings is 4. The van der Waals surface area contributed by atoms with Gasteiger partial charge in [0.15, 0.2) is 26.4 Å². The van der Waals surface area contributed by atoms with Crippen molar-refractivity contribution in [2.75, 3.05) is 39.6 Å². The van der Waals surface area contributed by atoms with Crippen LogP contribution in [0.4, 0.5) is 0 Å². The zero-order valence-corrected chi connectivity index (χ0v) is 80.9. The Kier molecular flexibility index (Phi) is 46.4. The van der Waals surface area contributed by atoms with Crippen LogP contribution in [0.2, 0.25) is 0 Å². The van der Waals surface area contributed by atoms with E-state index in [4.69, 9.17) is 63.1 Å². The van der Waals surface area contributed by atoms with E-state index in [1.807, 2.05) is 69.3 Å². The number of fused-ring (bicyclic) bond motifs is 8. The number of carbonyl (C=O) groups excluding carboxylic acids is 4. The average molecular weight is 1860 g/mol. The van der Waals surface area contributed by atoms with Crippen molar-refractivity contribution in [3.05, 3.63) is 117 Å². The molecule has 0 bridgehead atoms. The number of aliphatic hydroxyl groups excluding tert-OH is 4. The Hall–Kier alpha value is -8.36. The highest BCUT2D eigenvalue weighted by Crippen LogP contribution is 2.54. The summed E-state index contributed by atoms with van der Waals surface area (Å²) in [4.78, 5) is 92.2. The number of carboxylic acids is 4. The lowest BCUT2D eigenvalue weighted by Gasteiger charge is -2.32. The predicted molar refractivity (Wildman–Crippen MR) is 507 cm³/mol. The summed E-state index contributed by atoms with van der Waals surface area (Å²) < 4.78 is 50.5. The third-order valence-electron chi connectivity index (χ3n) is 29.7. The number of unbranched alkanes of at least 4 members (excludes halogenated alkanes) is 9. The molecule has 4 aromatic rings. The predicted octanol–water partition coefficient (Wildman–Crippen LogP) is 19.0. The molecule has 0 unspecified atom stereocenters. The van der Waals surface area contributed by atoms with Gasteiger partial charge in [0.05, 0.1) is 24.4 Å². The van der Waals surface area contributed by atoms with Gasteiger partial charge in [-0.3, -0.25) is 14.4 Å². The van der Waals surface area contributed by atoms with Crippen LogP contribution in [0.1, 0.15) is 318 Å². The lowest BCUT2D eigenvalue weighted by molar-refractivity contribution is -0.155.